The van der Waals surface area contributed by atoms with E-state index < -0.39 is 0 Å². The maximum absolute atomic E-state index is 6.19. The van der Waals surface area contributed by atoms with Crippen LogP contribution >= 0.6 is 34.7 Å². The fraction of sp³-hybridized carbons (Fsp3) is 0.0667. The standard InChI is InChI=1S/C15H10ClN3S2/c16-14-10-5-6-20-15(10)19-12(18-14)8-21-13-7-9-3-1-2-4-11(9)17-13/h1-7,17H,8H2. The largest absolute Gasteiger partial charge is 0.350 e. The zero-order valence-corrected chi connectivity index (χ0v) is 13.2. The fourth-order valence-corrected chi connectivity index (χ4v) is 4.09. The second kappa shape index (κ2) is 5.33. The van der Waals surface area contributed by atoms with Crippen molar-refractivity contribution >= 4 is 55.8 Å². The lowest BCUT2D eigenvalue weighted by Crippen LogP contribution is -1.92. The number of halogens is 1. The first-order valence-corrected chi connectivity index (χ1v) is 8.64. The summed E-state index contributed by atoms with van der Waals surface area (Å²) in [5.41, 5.74) is 1.15. The molecule has 3 heterocycles. The molecule has 0 aliphatic carbocycles. The molecule has 0 spiro atoms. The Hall–Kier alpha value is -1.56. The molecule has 4 rings (SSSR count). The van der Waals surface area contributed by atoms with Gasteiger partial charge < -0.3 is 4.98 Å². The average molecular weight is 332 g/mol. The van der Waals surface area contributed by atoms with Gasteiger partial charge in [0.1, 0.15) is 15.8 Å². The van der Waals surface area contributed by atoms with Gasteiger partial charge in [-0.3, -0.25) is 0 Å². The molecule has 3 nitrogen and oxygen atoms in total. The normalized spacial score (nSPS) is 11.5. The van der Waals surface area contributed by atoms with Gasteiger partial charge in [0.05, 0.1) is 10.8 Å². The first-order valence-electron chi connectivity index (χ1n) is 6.40. The fourth-order valence-electron chi connectivity index (χ4n) is 2.19. The number of thiophene rings is 1. The van der Waals surface area contributed by atoms with E-state index in [4.69, 9.17) is 11.6 Å². The second-order valence-electron chi connectivity index (χ2n) is 4.58. The number of aromatic nitrogens is 3. The van der Waals surface area contributed by atoms with Gasteiger partial charge in [-0.2, -0.15) is 0 Å². The van der Waals surface area contributed by atoms with Gasteiger partial charge in [-0.05, 0) is 23.6 Å². The van der Waals surface area contributed by atoms with Crippen LogP contribution in [0.15, 0.2) is 46.8 Å². The number of nitrogens with one attached hydrogen (secondary N) is 1. The summed E-state index contributed by atoms with van der Waals surface area (Å²) in [6, 6.07) is 12.3. The lowest BCUT2D eigenvalue weighted by molar-refractivity contribution is 1.07. The molecule has 4 aromatic rings. The first kappa shape index (κ1) is 13.1. The predicted molar refractivity (Wildman–Crippen MR) is 90.3 cm³/mol. The van der Waals surface area contributed by atoms with Crippen molar-refractivity contribution in [2.45, 2.75) is 10.8 Å². The van der Waals surface area contributed by atoms with E-state index in [1.165, 1.54) is 5.39 Å². The molecule has 3 aromatic heterocycles. The van der Waals surface area contributed by atoms with Gasteiger partial charge in [0.25, 0.3) is 0 Å². The third-order valence-corrected chi connectivity index (χ3v) is 5.22. The van der Waals surface area contributed by atoms with E-state index >= 15 is 0 Å². The Labute approximate surface area is 134 Å². The number of fused-ring (bicyclic) bond motifs is 2. The highest BCUT2D eigenvalue weighted by atomic mass is 35.5. The maximum atomic E-state index is 6.19. The molecule has 0 saturated carbocycles. The molecule has 0 saturated heterocycles. The van der Waals surface area contributed by atoms with Gasteiger partial charge in [0.15, 0.2) is 0 Å². The number of hydrogen-bond donors (Lipinski definition) is 1. The Balaban J connectivity index is 1.59. The number of nitrogens with zero attached hydrogens (tertiary/aromatic N) is 2. The number of rotatable bonds is 3. The predicted octanol–water partition coefficient (Wildman–Crippen LogP) is 5.12. The molecule has 0 fully saturated rings. The van der Waals surface area contributed by atoms with Crippen molar-refractivity contribution in [2.75, 3.05) is 0 Å². The minimum Gasteiger partial charge on any atom is -0.350 e. The van der Waals surface area contributed by atoms with Crippen molar-refractivity contribution < 1.29 is 0 Å². The maximum Gasteiger partial charge on any atom is 0.142 e. The molecule has 0 radical (unpaired) electrons. The van der Waals surface area contributed by atoms with Crippen LogP contribution in [0.25, 0.3) is 21.1 Å². The third-order valence-electron chi connectivity index (χ3n) is 3.19. The van der Waals surface area contributed by atoms with Crippen molar-refractivity contribution in [1.29, 1.82) is 0 Å². The van der Waals surface area contributed by atoms with Crippen molar-refractivity contribution in [3.8, 4) is 0 Å². The lowest BCUT2D eigenvalue weighted by Gasteiger charge is -2.00. The monoisotopic (exact) mass is 331 g/mol. The molecule has 1 aromatic carbocycles. The number of thioether (sulfide) groups is 1. The molecular weight excluding hydrogens is 322 g/mol. The number of hydrogen-bond acceptors (Lipinski definition) is 4. The highest BCUT2D eigenvalue weighted by molar-refractivity contribution is 7.98. The van der Waals surface area contributed by atoms with Crippen LogP contribution in [0.3, 0.4) is 0 Å². The van der Waals surface area contributed by atoms with E-state index in [0.717, 1.165) is 26.6 Å². The summed E-state index contributed by atoms with van der Waals surface area (Å²) in [6.07, 6.45) is 0. The van der Waals surface area contributed by atoms with E-state index in [2.05, 4.69) is 33.2 Å². The van der Waals surface area contributed by atoms with Gasteiger partial charge in [0.2, 0.25) is 0 Å². The topological polar surface area (TPSA) is 41.6 Å². The van der Waals surface area contributed by atoms with E-state index in [0.29, 0.717) is 10.9 Å². The molecule has 104 valence electrons. The Morgan fingerprint density at radius 2 is 2.10 bits per heavy atom. The molecule has 0 amide bonds. The van der Waals surface area contributed by atoms with Crippen LogP contribution in [0.1, 0.15) is 5.82 Å². The Kier molecular flexibility index (Phi) is 3.33. The summed E-state index contributed by atoms with van der Waals surface area (Å²) in [7, 11) is 0. The second-order valence-corrected chi connectivity index (χ2v) is 6.85. The van der Waals surface area contributed by atoms with Crippen LogP contribution in [0, 0.1) is 0 Å². The molecule has 6 heteroatoms. The molecule has 0 atom stereocenters. The van der Waals surface area contributed by atoms with Crippen LogP contribution in [-0.4, -0.2) is 15.0 Å². The molecule has 0 unspecified atom stereocenters. The van der Waals surface area contributed by atoms with Crippen molar-refractivity contribution in [3.05, 3.63) is 52.8 Å². The SMILES string of the molecule is Clc1nc(CSc2cc3ccccc3[nH]2)nc2sccc12. The van der Waals surface area contributed by atoms with E-state index in [9.17, 15) is 0 Å². The molecule has 0 bridgehead atoms. The quantitative estimate of drug-likeness (QED) is 0.418. The van der Waals surface area contributed by atoms with Crippen molar-refractivity contribution in [3.63, 3.8) is 0 Å². The highest BCUT2D eigenvalue weighted by Gasteiger charge is 2.08. The van der Waals surface area contributed by atoms with E-state index in [1.54, 1.807) is 23.1 Å². The van der Waals surface area contributed by atoms with Gasteiger partial charge in [0, 0.05) is 16.3 Å². The van der Waals surface area contributed by atoms with Gasteiger partial charge in [-0.1, -0.05) is 29.8 Å². The van der Waals surface area contributed by atoms with Gasteiger partial charge in [-0.25, -0.2) is 9.97 Å². The number of benzene rings is 1. The summed E-state index contributed by atoms with van der Waals surface area (Å²) < 4.78 is 0. The molecular formula is C15H10ClN3S2. The smallest absolute Gasteiger partial charge is 0.142 e. The van der Waals surface area contributed by atoms with Gasteiger partial charge >= 0.3 is 0 Å². The molecule has 0 aliphatic heterocycles. The zero-order chi connectivity index (χ0) is 14.2. The summed E-state index contributed by atoms with van der Waals surface area (Å²) in [5, 5.41) is 5.78. The summed E-state index contributed by atoms with van der Waals surface area (Å²) in [6.45, 7) is 0. The van der Waals surface area contributed by atoms with E-state index in [1.807, 2.05) is 23.6 Å². The Bertz CT molecular complexity index is 896. The van der Waals surface area contributed by atoms with Crippen LogP contribution in [0.4, 0.5) is 0 Å². The highest BCUT2D eigenvalue weighted by Crippen LogP contribution is 2.28. The number of aromatic amines is 1. The summed E-state index contributed by atoms with van der Waals surface area (Å²) in [5.74, 6) is 1.46. The van der Waals surface area contributed by atoms with Gasteiger partial charge in [-0.15, -0.1) is 23.1 Å². The molecule has 1 N–H and O–H groups in total. The molecule has 21 heavy (non-hydrogen) atoms. The Morgan fingerprint density at radius 1 is 1.19 bits per heavy atom. The van der Waals surface area contributed by atoms with Crippen molar-refractivity contribution in [2.24, 2.45) is 0 Å². The van der Waals surface area contributed by atoms with Crippen LogP contribution in [-0.2, 0) is 5.75 Å². The van der Waals surface area contributed by atoms with E-state index in [-0.39, 0.29) is 0 Å². The van der Waals surface area contributed by atoms with Crippen LogP contribution in [0.5, 0.6) is 0 Å². The first-order chi connectivity index (χ1) is 10.3. The minimum absolute atomic E-state index is 0.536. The summed E-state index contributed by atoms with van der Waals surface area (Å²) >= 11 is 9.46. The summed E-state index contributed by atoms with van der Waals surface area (Å²) in [4.78, 5) is 13.3. The van der Waals surface area contributed by atoms with Crippen LogP contribution in [0.2, 0.25) is 5.15 Å². The number of para-hydroxylation sites is 1. The van der Waals surface area contributed by atoms with Crippen molar-refractivity contribution in [1.82, 2.24) is 15.0 Å². The third kappa shape index (κ3) is 2.52. The lowest BCUT2D eigenvalue weighted by atomic mass is 10.3. The minimum atomic E-state index is 0.536. The zero-order valence-electron chi connectivity index (χ0n) is 10.8. The van der Waals surface area contributed by atoms with Crippen LogP contribution < -0.4 is 0 Å². The number of H-pyrrole nitrogens is 1. The average Bonchev–Trinajstić information content (AvgIpc) is 3.11. The Morgan fingerprint density at radius 3 is 3.00 bits per heavy atom. The molecule has 0 aliphatic rings.